The zero-order chi connectivity index (χ0) is 18.1. The van der Waals surface area contributed by atoms with Gasteiger partial charge < -0.3 is 9.64 Å². The van der Waals surface area contributed by atoms with E-state index in [1.165, 1.54) is 21.9 Å². The van der Waals surface area contributed by atoms with Crippen LogP contribution in [0.1, 0.15) is 33.9 Å². The van der Waals surface area contributed by atoms with Gasteiger partial charge in [0, 0.05) is 16.3 Å². The quantitative estimate of drug-likeness (QED) is 0.866. The summed E-state index contributed by atoms with van der Waals surface area (Å²) in [5.74, 6) is -0.183. The number of rotatable bonds is 3. The molecule has 2 N–H and O–H groups in total. The van der Waals surface area contributed by atoms with E-state index in [1.54, 1.807) is 23.5 Å². The molecular formula is C19H22FN3O2S. The van der Waals surface area contributed by atoms with Gasteiger partial charge in [-0.1, -0.05) is 12.1 Å². The third kappa shape index (κ3) is 3.66. The molecule has 0 aliphatic carbocycles. The molecule has 1 aromatic heterocycles. The molecule has 3 unspecified atom stereocenters. The number of nitrogens with one attached hydrogen (secondary N) is 2. The second kappa shape index (κ2) is 7.44. The third-order valence-corrected chi connectivity index (χ3v) is 6.04. The molecule has 3 heterocycles. The van der Waals surface area contributed by atoms with Crippen molar-refractivity contribution in [1.29, 1.82) is 0 Å². The van der Waals surface area contributed by atoms with E-state index in [-0.39, 0.29) is 29.9 Å². The smallest absolute Gasteiger partial charge is 0.241 e. The van der Waals surface area contributed by atoms with Crippen LogP contribution >= 0.6 is 11.3 Å². The zero-order valence-corrected chi connectivity index (χ0v) is 15.4. The van der Waals surface area contributed by atoms with Gasteiger partial charge in [0.05, 0.1) is 19.2 Å². The van der Waals surface area contributed by atoms with Crippen LogP contribution in [0.4, 0.5) is 4.39 Å². The SMILES string of the molecule is Cc1ccc(C2CC(C(=O)N3CCOC(c4ccc(F)cc4)C3)NN2)s1. The Labute approximate surface area is 156 Å². The Kier molecular flexibility index (Phi) is 5.04. The number of hydrazine groups is 1. The number of morpholine rings is 1. The van der Waals surface area contributed by atoms with Crippen molar-refractivity contribution < 1.29 is 13.9 Å². The number of ether oxygens (including phenoxy) is 1. The van der Waals surface area contributed by atoms with Crippen LogP contribution in [0.25, 0.3) is 0 Å². The first-order valence-corrected chi connectivity index (χ1v) is 9.65. The number of thiophene rings is 1. The van der Waals surface area contributed by atoms with Crippen molar-refractivity contribution in [3.8, 4) is 0 Å². The summed E-state index contributed by atoms with van der Waals surface area (Å²) < 4.78 is 18.9. The standard InChI is InChI=1S/C19H22FN3O2S/c1-12-2-7-18(26-12)15-10-16(22-21-15)19(24)23-8-9-25-17(11-23)13-3-5-14(20)6-4-13/h2-7,15-17,21-22H,8-11H2,1H3. The van der Waals surface area contributed by atoms with Gasteiger partial charge in [0.2, 0.25) is 5.91 Å². The van der Waals surface area contributed by atoms with Crippen molar-refractivity contribution in [3.05, 3.63) is 57.5 Å². The fourth-order valence-electron chi connectivity index (χ4n) is 3.49. The van der Waals surface area contributed by atoms with Crippen molar-refractivity contribution in [1.82, 2.24) is 15.8 Å². The number of hydrogen-bond donors (Lipinski definition) is 2. The van der Waals surface area contributed by atoms with E-state index in [0.717, 1.165) is 12.0 Å². The van der Waals surface area contributed by atoms with Crippen molar-refractivity contribution in [2.24, 2.45) is 0 Å². The van der Waals surface area contributed by atoms with Crippen molar-refractivity contribution in [2.45, 2.75) is 31.5 Å². The highest BCUT2D eigenvalue weighted by atomic mass is 32.1. The van der Waals surface area contributed by atoms with E-state index in [0.29, 0.717) is 19.7 Å². The van der Waals surface area contributed by atoms with Crippen LogP contribution in [0.3, 0.4) is 0 Å². The topological polar surface area (TPSA) is 53.6 Å². The van der Waals surface area contributed by atoms with E-state index in [1.807, 2.05) is 4.90 Å². The van der Waals surface area contributed by atoms with E-state index >= 15 is 0 Å². The zero-order valence-electron chi connectivity index (χ0n) is 14.6. The first-order chi connectivity index (χ1) is 12.6. The maximum Gasteiger partial charge on any atom is 0.241 e. The molecule has 0 saturated carbocycles. The van der Waals surface area contributed by atoms with Crippen molar-refractivity contribution in [3.63, 3.8) is 0 Å². The Bertz CT molecular complexity index is 779. The van der Waals surface area contributed by atoms with Crippen LogP contribution in [-0.4, -0.2) is 36.5 Å². The molecule has 1 amide bonds. The van der Waals surface area contributed by atoms with Gasteiger partial charge in [0.15, 0.2) is 0 Å². The average molecular weight is 375 g/mol. The summed E-state index contributed by atoms with van der Waals surface area (Å²) in [7, 11) is 0. The number of nitrogens with zero attached hydrogens (tertiary/aromatic N) is 1. The van der Waals surface area contributed by atoms with Crippen molar-refractivity contribution >= 4 is 17.2 Å². The molecule has 2 fully saturated rings. The normalized spacial score (nSPS) is 26.2. The number of carbonyl (C=O) groups excluding carboxylic acids is 1. The first kappa shape index (κ1) is 17.6. The molecule has 0 radical (unpaired) electrons. The van der Waals surface area contributed by atoms with Crippen LogP contribution < -0.4 is 10.9 Å². The second-order valence-electron chi connectivity index (χ2n) is 6.77. The lowest BCUT2D eigenvalue weighted by molar-refractivity contribution is -0.141. The largest absolute Gasteiger partial charge is 0.370 e. The van der Waals surface area contributed by atoms with Crippen LogP contribution in [-0.2, 0) is 9.53 Å². The molecule has 138 valence electrons. The first-order valence-electron chi connectivity index (χ1n) is 8.83. The minimum absolute atomic E-state index is 0.0867. The Morgan fingerprint density at radius 1 is 1.23 bits per heavy atom. The molecule has 2 aromatic rings. The number of amides is 1. The van der Waals surface area contributed by atoms with E-state index in [2.05, 4.69) is 29.9 Å². The third-order valence-electron chi connectivity index (χ3n) is 4.93. The van der Waals surface area contributed by atoms with Gasteiger partial charge in [-0.05, 0) is 43.2 Å². The summed E-state index contributed by atoms with van der Waals surface area (Å²) in [4.78, 5) is 17.3. The maximum atomic E-state index is 13.1. The lowest BCUT2D eigenvalue weighted by Gasteiger charge is -2.34. The molecule has 7 heteroatoms. The van der Waals surface area contributed by atoms with Gasteiger partial charge in [0.1, 0.15) is 18.0 Å². The molecule has 2 aliphatic heterocycles. The van der Waals surface area contributed by atoms with E-state index in [4.69, 9.17) is 4.74 Å². The van der Waals surface area contributed by atoms with Gasteiger partial charge in [-0.2, -0.15) is 0 Å². The van der Waals surface area contributed by atoms with Gasteiger partial charge in [-0.25, -0.2) is 15.2 Å². The van der Waals surface area contributed by atoms with Gasteiger partial charge in [0.25, 0.3) is 0 Å². The fourth-order valence-corrected chi connectivity index (χ4v) is 4.44. The van der Waals surface area contributed by atoms with E-state index < -0.39 is 0 Å². The lowest BCUT2D eigenvalue weighted by atomic mass is 10.1. The predicted molar refractivity (Wildman–Crippen MR) is 98.1 cm³/mol. The van der Waals surface area contributed by atoms with Gasteiger partial charge in [-0.3, -0.25) is 4.79 Å². The Morgan fingerprint density at radius 2 is 2.04 bits per heavy atom. The molecule has 1 aromatic carbocycles. The Morgan fingerprint density at radius 3 is 2.77 bits per heavy atom. The van der Waals surface area contributed by atoms with Crippen LogP contribution in [0.15, 0.2) is 36.4 Å². The van der Waals surface area contributed by atoms with Crippen LogP contribution in [0, 0.1) is 12.7 Å². The highest BCUT2D eigenvalue weighted by molar-refractivity contribution is 7.12. The van der Waals surface area contributed by atoms with Crippen LogP contribution in [0.2, 0.25) is 0 Å². The molecule has 0 spiro atoms. The van der Waals surface area contributed by atoms with Crippen LogP contribution in [0.5, 0.6) is 0 Å². The summed E-state index contributed by atoms with van der Waals surface area (Å²) >= 11 is 1.76. The minimum Gasteiger partial charge on any atom is -0.370 e. The van der Waals surface area contributed by atoms with Gasteiger partial charge in [-0.15, -0.1) is 11.3 Å². The summed E-state index contributed by atoms with van der Waals surface area (Å²) in [6.45, 7) is 3.65. The highest BCUT2D eigenvalue weighted by Crippen LogP contribution is 2.30. The minimum atomic E-state index is -0.270. The number of hydrogen-bond acceptors (Lipinski definition) is 5. The van der Waals surface area contributed by atoms with E-state index in [9.17, 15) is 9.18 Å². The molecule has 5 nitrogen and oxygen atoms in total. The summed E-state index contributed by atoms with van der Waals surface area (Å²) in [5.41, 5.74) is 7.29. The maximum absolute atomic E-state index is 13.1. The molecule has 2 aliphatic rings. The summed E-state index contributed by atoms with van der Waals surface area (Å²) in [5, 5.41) is 0. The number of halogens is 1. The lowest BCUT2D eigenvalue weighted by Crippen LogP contribution is -2.50. The average Bonchev–Trinajstić information content (AvgIpc) is 3.31. The van der Waals surface area contributed by atoms with Crippen molar-refractivity contribution in [2.75, 3.05) is 19.7 Å². The predicted octanol–water partition coefficient (Wildman–Crippen LogP) is 2.70. The van der Waals surface area contributed by atoms with Gasteiger partial charge >= 0.3 is 0 Å². The molecule has 4 rings (SSSR count). The Balaban J connectivity index is 1.39. The Hall–Kier alpha value is -1.80. The second-order valence-corrected chi connectivity index (χ2v) is 8.09. The highest BCUT2D eigenvalue weighted by Gasteiger charge is 2.35. The molecule has 26 heavy (non-hydrogen) atoms. The molecule has 2 saturated heterocycles. The number of aryl methyl sites for hydroxylation is 1. The molecular weight excluding hydrogens is 353 g/mol. The summed E-state index contributed by atoms with van der Waals surface area (Å²) in [6, 6.07) is 10.4. The monoisotopic (exact) mass is 375 g/mol. The number of carbonyl (C=O) groups is 1. The molecule has 3 atom stereocenters. The fraction of sp³-hybridized carbons (Fsp3) is 0.421. The summed E-state index contributed by atoms with van der Waals surface area (Å²) in [6.07, 6.45) is 0.524. The molecule has 0 bridgehead atoms. The number of benzene rings is 1.